The maximum absolute atomic E-state index is 12.9. The van der Waals surface area contributed by atoms with Crippen molar-refractivity contribution in [2.75, 3.05) is 19.8 Å². The number of aliphatic hydroxyl groups excluding tert-OH is 5. The molecule has 0 radical (unpaired) electrons. The summed E-state index contributed by atoms with van der Waals surface area (Å²) in [6.07, 6.45) is 45.7. The zero-order valence-electron chi connectivity index (χ0n) is 45.8. The summed E-state index contributed by atoms with van der Waals surface area (Å²) in [5.41, 5.74) is 0. The molecule has 0 bridgehead atoms. The highest BCUT2D eigenvalue weighted by molar-refractivity contribution is 7.47. The molecular weight excluding hydrogens is 920 g/mol. The first-order valence-corrected chi connectivity index (χ1v) is 31.5. The number of aliphatic hydroxyl groups is 5. The summed E-state index contributed by atoms with van der Waals surface area (Å²) in [6, 6.07) is 0. The summed E-state index contributed by atoms with van der Waals surface area (Å²) in [5, 5.41) is 50.5. The van der Waals surface area contributed by atoms with E-state index in [2.05, 4.69) is 26.0 Å². The van der Waals surface area contributed by atoms with Crippen molar-refractivity contribution in [2.24, 2.45) is 0 Å². The Morgan fingerprint density at radius 2 is 0.746 bits per heavy atom. The summed E-state index contributed by atoms with van der Waals surface area (Å²) in [6.45, 7) is 4.34. The van der Waals surface area contributed by atoms with E-state index in [4.69, 9.17) is 18.5 Å². The number of carbonyl (C=O) groups is 1. The number of phosphoric acid groups is 1. The Labute approximate surface area is 435 Å². The Hall–Kier alpha value is -0.920. The molecule has 0 aromatic rings. The first-order chi connectivity index (χ1) is 34.5. The molecule has 6 atom stereocenters. The molecule has 0 aromatic carbocycles. The second-order valence-electron chi connectivity index (χ2n) is 21.2. The van der Waals surface area contributed by atoms with Gasteiger partial charge in [-0.25, -0.2) is 4.57 Å². The molecule has 1 aliphatic carbocycles. The molecule has 12 nitrogen and oxygen atoms in total. The minimum absolute atomic E-state index is 0.0698. The normalized spacial score (nSPS) is 20.7. The van der Waals surface area contributed by atoms with E-state index in [-0.39, 0.29) is 13.0 Å². The lowest BCUT2D eigenvalue weighted by molar-refractivity contribution is -0.220. The van der Waals surface area contributed by atoms with E-state index >= 15 is 0 Å². The molecule has 422 valence electrons. The van der Waals surface area contributed by atoms with Gasteiger partial charge < -0.3 is 39.9 Å². The van der Waals surface area contributed by atoms with Crippen molar-refractivity contribution >= 4 is 13.8 Å². The maximum Gasteiger partial charge on any atom is 0.472 e. The van der Waals surface area contributed by atoms with E-state index in [1.807, 2.05) is 0 Å². The summed E-state index contributed by atoms with van der Waals surface area (Å²) in [7, 11) is -5.02. The number of phosphoric ester groups is 1. The van der Waals surface area contributed by atoms with E-state index in [0.717, 1.165) is 38.5 Å². The van der Waals surface area contributed by atoms with Gasteiger partial charge in [0.05, 0.1) is 13.2 Å². The minimum Gasteiger partial charge on any atom is -0.457 e. The van der Waals surface area contributed by atoms with E-state index in [9.17, 15) is 39.8 Å². The molecule has 1 rings (SSSR count). The minimum atomic E-state index is -5.02. The lowest BCUT2D eigenvalue weighted by Crippen LogP contribution is -2.64. The summed E-state index contributed by atoms with van der Waals surface area (Å²) < 4.78 is 34.5. The molecule has 6 N–H and O–H groups in total. The first-order valence-electron chi connectivity index (χ1n) is 30.0. The average molecular weight is 1030 g/mol. The van der Waals surface area contributed by atoms with Crippen molar-refractivity contribution < 1.29 is 58.3 Å². The second-order valence-corrected chi connectivity index (χ2v) is 22.6. The second kappa shape index (κ2) is 48.7. The molecule has 71 heavy (non-hydrogen) atoms. The summed E-state index contributed by atoms with van der Waals surface area (Å²) >= 11 is 0. The summed E-state index contributed by atoms with van der Waals surface area (Å²) in [4.78, 5) is 23.3. The summed E-state index contributed by atoms with van der Waals surface area (Å²) in [5.74, 6) is -0.470. The maximum atomic E-state index is 12.9. The fourth-order valence-corrected chi connectivity index (χ4v) is 10.6. The van der Waals surface area contributed by atoms with Crippen LogP contribution < -0.4 is 0 Å². The van der Waals surface area contributed by atoms with Gasteiger partial charge in [-0.15, -0.1) is 0 Å². The molecule has 6 unspecified atom stereocenters. The van der Waals surface area contributed by atoms with Crippen LogP contribution >= 0.6 is 7.82 Å². The molecule has 1 aliphatic rings. The number of rotatable bonds is 53. The number of allylic oxidation sites excluding steroid dienone is 2. The predicted molar refractivity (Wildman–Crippen MR) is 290 cm³/mol. The largest absolute Gasteiger partial charge is 0.472 e. The van der Waals surface area contributed by atoms with Crippen LogP contribution in [0.25, 0.3) is 0 Å². The molecule has 0 aliphatic heterocycles. The lowest BCUT2D eigenvalue weighted by Gasteiger charge is -2.41. The highest BCUT2D eigenvalue weighted by atomic mass is 31.2. The molecule has 0 heterocycles. The van der Waals surface area contributed by atoms with Crippen molar-refractivity contribution in [2.45, 2.75) is 333 Å². The molecule has 0 saturated heterocycles. The number of unbranched alkanes of at least 4 members (excludes halogenated alkanes) is 39. The van der Waals surface area contributed by atoms with E-state index in [1.165, 1.54) is 225 Å². The highest BCUT2D eigenvalue weighted by Crippen LogP contribution is 2.47. The van der Waals surface area contributed by atoms with Crippen LogP contribution in [-0.2, 0) is 27.9 Å². The third-order valence-electron chi connectivity index (χ3n) is 14.4. The number of ether oxygens (including phenoxy) is 2. The van der Waals surface area contributed by atoms with Gasteiger partial charge in [0.15, 0.2) is 0 Å². The van der Waals surface area contributed by atoms with Crippen molar-refractivity contribution in [3.05, 3.63) is 12.2 Å². The van der Waals surface area contributed by atoms with Gasteiger partial charge in [0.25, 0.3) is 0 Å². The quantitative estimate of drug-likeness (QED) is 0.0146. The van der Waals surface area contributed by atoms with Gasteiger partial charge in [0.2, 0.25) is 0 Å². The third-order valence-corrected chi connectivity index (χ3v) is 15.4. The highest BCUT2D eigenvalue weighted by Gasteiger charge is 2.51. The van der Waals surface area contributed by atoms with Gasteiger partial charge in [0.1, 0.15) is 42.7 Å². The Morgan fingerprint density at radius 3 is 1.11 bits per heavy atom. The molecule has 0 spiro atoms. The Morgan fingerprint density at radius 1 is 0.437 bits per heavy atom. The topological polar surface area (TPSA) is 192 Å². The van der Waals surface area contributed by atoms with Crippen LogP contribution in [0.2, 0.25) is 0 Å². The van der Waals surface area contributed by atoms with E-state index < -0.39 is 63.1 Å². The Balaban J connectivity index is 2.25. The predicted octanol–water partition coefficient (Wildman–Crippen LogP) is 14.6. The molecule has 1 saturated carbocycles. The fourth-order valence-electron chi connectivity index (χ4n) is 9.65. The van der Waals surface area contributed by atoms with Crippen molar-refractivity contribution in [1.82, 2.24) is 0 Å². The van der Waals surface area contributed by atoms with E-state index in [0.29, 0.717) is 13.0 Å². The SMILES string of the molecule is CCCCCCCCCC/C=C\CCCCCCCCCCCCCC(=O)OC(COCCCCCCCCCCCCCCCCCCCCCCC)COP(=O)(O)OC1C(O)C(O)C(O)C(O)C1O. The van der Waals surface area contributed by atoms with Crippen molar-refractivity contribution in [1.29, 1.82) is 0 Å². The van der Waals surface area contributed by atoms with Crippen LogP contribution in [0.15, 0.2) is 12.2 Å². The smallest absolute Gasteiger partial charge is 0.457 e. The number of esters is 1. The fraction of sp³-hybridized carbons (Fsp3) is 0.948. The monoisotopic (exact) mass is 1030 g/mol. The standard InChI is InChI=1S/C58H113O12P/c1-3-5-7-9-11-13-15-17-19-21-23-25-26-27-29-31-33-35-37-39-41-43-45-47-52(59)69-51(50-68-71(65,66)70-58-56(63)54(61)53(60)55(62)57(58)64)49-67-48-46-44-42-40-38-36-34-32-30-28-24-22-20-18-16-14-12-10-8-6-4-2/h21,23,51,53-58,60-64H,3-20,22,24-50H2,1-2H3,(H,65,66)/b23-21-. The third kappa shape index (κ3) is 40.1. The van der Waals surface area contributed by atoms with Crippen molar-refractivity contribution in [3.8, 4) is 0 Å². The van der Waals surface area contributed by atoms with Crippen LogP contribution in [0.5, 0.6) is 0 Å². The molecular formula is C58H113O12P. The van der Waals surface area contributed by atoms with Crippen LogP contribution in [0.4, 0.5) is 0 Å². The van der Waals surface area contributed by atoms with Gasteiger partial charge in [-0.05, 0) is 38.5 Å². The molecule has 0 amide bonds. The Bertz CT molecular complexity index is 1220. The number of hydrogen-bond acceptors (Lipinski definition) is 11. The first kappa shape index (κ1) is 68.1. The van der Waals surface area contributed by atoms with Crippen LogP contribution in [0.1, 0.15) is 290 Å². The average Bonchev–Trinajstić information content (AvgIpc) is 3.36. The Kier molecular flexibility index (Phi) is 46.7. The van der Waals surface area contributed by atoms with E-state index in [1.54, 1.807) is 0 Å². The zero-order chi connectivity index (χ0) is 51.9. The lowest BCUT2D eigenvalue weighted by atomic mass is 9.85. The van der Waals surface area contributed by atoms with Crippen LogP contribution in [0, 0.1) is 0 Å². The molecule has 1 fully saturated rings. The van der Waals surface area contributed by atoms with Gasteiger partial charge in [0, 0.05) is 13.0 Å². The van der Waals surface area contributed by atoms with Gasteiger partial charge in [-0.1, -0.05) is 257 Å². The van der Waals surface area contributed by atoms with Gasteiger partial charge in [-0.2, -0.15) is 0 Å². The van der Waals surface area contributed by atoms with Gasteiger partial charge >= 0.3 is 13.8 Å². The van der Waals surface area contributed by atoms with Crippen LogP contribution in [0.3, 0.4) is 0 Å². The zero-order valence-corrected chi connectivity index (χ0v) is 46.7. The molecule has 0 aromatic heterocycles. The van der Waals surface area contributed by atoms with Crippen molar-refractivity contribution in [3.63, 3.8) is 0 Å². The number of carbonyl (C=O) groups excluding carboxylic acids is 1. The van der Waals surface area contributed by atoms with Crippen LogP contribution in [-0.4, -0.2) is 98.9 Å². The van der Waals surface area contributed by atoms with Gasteiger partial charge in [-0.3, -0.25) is 13.8 Å². The molecule has 13 heteroatoms. The number of hydrogen-bond donors (Lipinski definition) is 6.